The van der Waals surface area contributed by atoms with Crippen LogP contribution in [0.2, 0.25) is 0 Å². The third-order valence-corrected chi connectivity index (χ3v) is 5.81. The van der Waals surface area contributed by atoms with Gasteiger partial charge in [-0.25, -0.2) is 0 Å². The van der Waals surface area contributed by atoms with Crippen molar-refractivity contribution in [1.29, 1.82) is 0 Å². The van der Waals surface area contributed by atoms with Gasteiger partial charge in [0.2, 0.25) is 5.91 Å². The fourth-order valence-electron chi connectivity index (χ4n) is 4.25. The number of fused-ring (bicyclic) bond motifs is 3. The van der Waals surface area contributed by atoms with Crippen molar-refractivity contribution in [2.45, 2.75) is 19.4 Å². The van der Waals surface area contributed by atoms with E-state index in [0.717, 1.165) is 10.3 Å². The number of rotatable bonds is 9. The highest BCUT2D eigenvalue weighted by Crippen LogP contribution is 2.39. The van der Waals surface area contributed by atoms with Gasteiger partial charge in [0.1, 0.15) is 6.54 Å². The molecule has 1 heterocycles. The molecule has 0 aromatic heterocycles. The minimum Gasteiger partial charge on any atom is -0.493 e. The van der Waals surface area contributed by atoms with Crippen LogP contribution in [0, 0.1) is 0 Å². The van der Waals surface area contributed by atoms with Crippen LogP contribution in [0.3, 0.4) is 0 Å². The number of benzene rings is 3. The summed E-state index contributed by atoms with van der Waals surface area (Å²) in [6, 6.07) is 14.6. The minimum atomic E-state index is -1.20. The first-order chi connectivity index (χ1) is 16.8. The van der Waals surface area contributed by atoms with E-state index < -0.39 is 36.3 Å². The van der Waals surface area contributed by atoms with Crippen LogP contribution in [0.5, 0.6) is 11.5 Å². The topological polar surface area (TPSA) is 122 Å². The number of methoxy groups -OCH3 is 1. The van der Waals surface area contributed by atoms with Gasteiger partial charge in [-0.3, -0.25) is 24.1 Å². The van der Waals surface area contributed by atoms with E-state index >= 15 is 0 Å². The molecule has 180 valence electrons. The van der Waals surface area contributed by atoms with Crippen molar-refractivity contribution >= 4 is 34.5 Å². The smallest absolute Gasteiger partial charge is 0.322 e. The molecule has 0 bridgehead atoms. The molecule has 1 aliphatic heterocycles. The second-order valence-corrected chi connectivity index (χ2v) is 7.92. The number of carbonyl (C=O) groups is 4. The number of aliphatic carboxylic acids is 1. The SMILES string of the molecule is CCOc1cc(C(CC(=O)NCC(=O)O)N2C(=O)c3ccc4ccccc4c3C2=O)ccc1OC. The maximum absolute atomic E-state index is 13.6. The first-order valence-corrected chi connectivity index (χ1v) is 11.0. The van der Waals surface area contributed by atoms with E-state index in [1.165, 1.54) is 7.11 Å². The summed E-state index contributed by atoms with van der Waals surface area (Å²) in [5.41, 5.74) is 1.00. The zero-order valence-corrected chi connectivity index (χ0v) is 19.2. The summed E-state index contributed by atoms with van der Waals surface area (Å²) in [5.74, 6) is -2.02. The molecule has 9 heteroatoms. The number of carboxylic acid groups (broad SMARTS) is 1. The second kappa shape index (κ2) is 9.84. The van der Waals surface area contributed by atoms with Gasteiger partial charge in [-0.05, 0) is 41.5 Å². The third-order valence-electron chi connectivity index (χ3n) is 5.81. The maximum atomic E-state index is 13.6. The lowest BCUT2D eigenvalue weighted by Gasteiger charge is -2.27. The van der Waals surface area contributed by atoms with Gasteiger partial charge in [-0.15, -0.1) is 0 Å². The Morgan fingerprint density at radius 1 is 1.03 bits per heavy atom. The molecule has 0 aliphatic carbocycles. The molecule has 1 aliphatic rings. The summed E-state index contributed by atoms with van der Waals surface area (Å²) >= 11 is 0. The number of imide groups is 1. The summed E-state index contributed by atoms with van der Waals surface area (Å²) in [5, 5.41) is 12.7. The molecule has 3 amide bonds. The number of carboxylic acids is 1. The normalized spacial score (nSPS) is 13.5. The van der Waals surface area contributed by atoms with Crippen LogP contribution in [0.25, 0.3) is 10.8 Å². The Balaban J connectivity index is 1.79. The molecule has 4 rings (SSSR count). The summed E-state index contributed by atoms with van der Waals surface area (Å²) in [6.45, 7) is 1.58. The Bertz CT molecular complexity index is 1330. The molecule has 35 heavy (non-hydrogen) atoms. The Morgan fingerprint density at radius 3 is 2.51 bits per heavy atom. The standard InChI is InChI=1S/C26H24N2O7/c1-3-35-21-12-16(9-11-20(21)34-2)19(13-22(29)27-14-23(30)31)28-25(32)18-10-8-15-6-4-5-7-17(15)24(18)26(28)33/h4-12,19H,3,13-14H2,1-2H3,(H,27,29)(H,30,31). The van der Waals surface area contributed by atoms with Crippen LogP contribution >= 0.6 is 0 Å². The van der Waals surface area contributed by atoms with E-state index in [9.17, 15) is 19.2 Å². The highest BCUT2D eigenvalue weighted by atomic mass is 16.5. The molecule has 0 fully saturated rings. The molecule has 0 saturated carbocycles. The summed E-state index contributed by atoms with van der Waals surface area (Å²) in [7, 11) is 1.49. The molecule has 2 N–H and O–H groups in total. The number of nitrogens with zero attached hydrogens (tertiary/aromatic N) is 1. The zero-order valence-electron chi connectivity index (χ0n) is 19.2. The Hall–Kier alpha value is -4.40. The molecule has 3 aromatic rings. The van der Waals surface area contributed by atoms with Gasteiger partial charge in [0.25, 0.3) is 11.8 Å². The molecular weight excluding hydrogens is 452 g/mol. The highest BCUT2D eigenvalue weighted by molar-refractivity contribution is 6.26. The molecule has 1 atom stereocenters. The number of amides is 3. The minimum absolute atomic E-state index is 0.253. The van der Waals surface area contributed by atoms with E-state index in [-0.39, 0.29) is 17.5 Å². The van der Waals surface area contributed by atoms with E-state index in [0.29, 0.717) is 29.1 Å². The lowest BCUT2D eigenvalue weighted by atomic mass is 10.00. The van der Waals surface area contributed by atoms with Crippen LogP contribution in [-0.2, 0) is 9.59 Å². The second-order valence-electron chi connectivity index (χ2n) is 7.92. The Morgan fingerprint density at radius 2 is 1.80 bits per heavy atom. The summed E-state index contributed by atoms with van der Waals surface area (Å²) < 4.78 is 11.0. The van der Waals surface area contributed by atoms with Gasteiger partial charge in [0.15, 0.2) is 11.5 Å². The van der Waals surface area contributed by atoms with Crippen LogP contribution in [0.4, 0.5) is 0 Å². The average molecular weight is 476 g/mol. The van der Waals surface area contributed by atoms with Crippen LogP contribution < -0.4 is 14.8 Å². The van der Waals surface area contributed by atoms with Crippen molar-refractivity contribution < 1.29 is 33.8 Å². The molecular formula is C26H24N2O7. The summed E-state index contributed by atoms with van der Waals surface area (Å²) in [4.78, 5) is 51.7. The van der Waals surface area contributed by atoms with Crippen molar-refractivity contribution in [1.82, 2.24) is 10.2 Å². The molecule has 1 unspecified atom stereocenters. The lowest BCUT2D eigenvalue weighted by molar-refractivity contribution is -0.138. The van der Waals surface area contributed by atoms with Crippen molar-refractivity contribution in [3.63, 3.8) is 0 Å². The predicted molar refractivity (Wildman–Crippen MR) is 127 cm³/mol. The monoisotopic (exact) mass is 476 g/mol. The molecule has 3 aromatic carbocycles. The first kappa shape index (κ1) is 23.7. The predicted octanol–water partition coefficient (Wildman–Crippen LogP) is 3.18. The van der Waals surface area contributed by atoms with Gasteiger partial charge in [0, 0.05) is 0 Å². The van der Waals surface area contributed by atoms with Crippen LogP contribution in [-0.4, -0.2) is 54.0 Å². The molecule has 0 spiro atoms. The quantitative estimate of drug-likeness (QED) is 0.455. The molecule has 9 nitrogen and oxygen atoms in total. The molecule has 0 radical (unpaired) electrons. The fraction of sp³-hybridized carbons (Fsp3) is 0.231. The van der Waals surface area contributed by atoms with Gasteiger partial charge < -0.3 is 19.9 Å². The number of nitrogens with one attached hydrogen (secondary N) is 1. The van der Waals surface area contributed by atoms with Gasteiger partial charge in [-0.2, -0.15) is 0 Å². The first-order valence-electron chi connectivity index (χ1n) is 11.0. The van der Waals surface area contributed by atoms with E-state index in [1.54, 1.807) is 49.4 Å². The fourth-order valence-corrected chi connectivity index (χ4v) is 4.25. The number of carbonyl (C=O) groups excluding carboxylic acids is 3. The van der Waals surface area contributed by atoms with E-state index in [1.807, 2.05) is 12.1 Å². The Labute approximate surface area is 201 Å². The largest absolute Gasteiger partial charge is 0.493 e. The Kier molecular flexibility index (Phi) is 6.68. The van der Waals surface area contributed by atoms with Crippen molar-refractivity contribution in [3.8, 4) is 11.5 Å². The summed E-state index contributed by atoms with van der Waals surface area (Å²) in [6.07, 6.45) is -0.325. The maximum Gasteiger partial charge on any atom is 0.322 e. The van der Waals surface area contributed by atoms with Crippen molar-refractivity contribution in [3.05, 3.63) is 71.3 Å². The lowest BCUT2D eigenvalue weighted by Crippen LogP contribution is -2.38. The average Bonchev–Trinajstić information content (AvgIpc) is 3.11. The van der Waals surface area contributed by atoms with E-state index in [2.05, 4.69) is 5.32 Å². The zero-order chi connectivity index (χ0) is 25.1. The van der Waals surface area contributed by atoms with Crippen molar-refractivity contribution in [2.75, 3.05) is 20.3 Å². The van der Waals surface area contributed by atoms with Gasteiger partial charge in [-0.1, -0.05) is 36.4 Å². The van der Waals surface area contributed by atoms with Crippen molar-refractivity contribution in [2.24, 2.45) is 0 Å². The van der Waals surface area contributed by atoms with Gasteiger partial charge in [0.05, 0.1) is 37.3 Å². The molecule has 0 saturated heterocycles. The van der Waals surface area contributed by atoms with Crippen LogP contribution in [0.1, 0.15) is 45.7 Å². The number of hydrogen-bond donors (Lipinski definition) is 2. The highest BCUT2D eigenvalue weighted by Gasteiger charge is 2.42. The third kappa shape index (κ3) is 4.52. The van der Waals surface area contributed by atoms with E-state index in [4.69, 9.17) is 14.6 Å². The number of hydrogen-bond acceptors (Lipinski definition) is 6. The van der Waals surface area contributed by atoms with Crippen LogP contribution in [0.15, 0.2) is 54.6 Å². The van der Waals surface area contributed by atoms with Gasteiger partial charge >= 0.3 is 5.97 Å². The number of ether oxygens (including phenoxy) is 2.